The Kier molecular flexibility index (Phi) is 6.51. The highest BCUT2D eigenvalue weighted by Gasteiger charge is 2.10. The van der Waals surface area contributed by atoms with E-state index in [1.54, 1.807) is 12.1 Å². The fourth-order valence-corrected chi connectivity index (χ4v) is 2.07. The molecule has 1 aromatic rings. The number of hydrogen-bond acceptors (Lipinski definition) is 4. The number of carbonyl (C=O) groups is 1. The number of hydrogen-bond donors (Lipinski definition) is 1. The fraction of sp³-hybridized carbons (Fsp3) is 0.500. The number of amides is 1. The van der Waals surface area contributed by atoms with E-state index in [1.807, 2.05) is 0 Å². The molecule has 0 spiro atoms. The first-order chi connectivity index (χ1) is 9.48. The maximum absolute atomic E-state index is 11.8. The third kappa shape index (κ3) is 5.61. The van der Waals surface area contributed by atoms with Gasteiger partial charge in [-0.25, -0.2) is 0 Å². The molecule has 20 heavy (non-hydrogen) atoms. The summed E-state index contributed by atoms with van der Waals surface area (Å²) in [5.74, 6) is -0.0347. The summed E-state index contributed by atoms with van der Waals surface area (Å²) in [6.45, 7) is 4.26. The molecule has 0 aliphatic heterocycles. The average Bonchev–Trinajstić information content (AvgIpc) is 2.44. The van der Waals surface area contributed by atoms with Crippen molar-refractivity contribution in [2.75, 3.05) is 12.3 Å². The first kappa shape index (κ1) is 16.5. The number of rotatable bonds is 8. The van der Waals surface area contributed by atoms with Crippen LogP contribution in [0.15, 0.2) is 24.3 Å². The number of unbranched alkanes of at least 4 members (excludes halogenated alkanes) is 2. The molecule has 1 rings (SSSR count). The SMILES string of the molecule is CCCCCNC(=O)c1ccc(OS(=O)(=O)CC)cc1. The maximum atomic E-state index is 11.8. The summed E-state index contributed by atoms with van der Waals surface area (Å²) in [5.41, 5.74) is 0.489. The highest BCUT2D eigenvalue weighted by molar-refractivity contribution is 7.87. The largest absolute Gasteiger partial charge is 0.382 e. The van der Waals surface area contributed by atoms with Gasteiger partial charge in [-0.3, -0.25) is 4.79 Å². The molecular weight excluding hydrogens is 278 g/mol. The van der Waals surface area contributed by atoms with Crippen LogP contribution in [0.2, 0.25) is 0 Å². The molecule has 1 amide bonds. The Labute approximate surface area is 120 Å². The second-order valence-electron chi connectivity index (χ2n) is 4.42. The van der Waals surface area contributed by atoms with Crippen molar-refractivity contribution in [3.63, 3.8) is 0 Å². The van der Waals surface area contributed by atoms with Crippen molar-refractivity contribution in [1.29, 1.82) is 0 Å². The van der Waals surface area contributed by atoms with Gasteiger partial charge in [0.25, 0.3) is 5.91 Å². The molecule has 0 atom stereocenters. The van der Waals surface area contributed by atoms with Gasteiger partial charge in [-0.2, -0.15) is 8.42 Å². The third-order valence-electron chi connectivity index (χ3n) is 2.76. The lowest BCUT2D eigenvalue weighted by atomic mass is 10.2. The zero-order chi connectivity index (χ0) is 15.0. The molecule has 0 radical (unpaired) electrons. The van der Waals surface area contributed by atoms with Crippen molar-refractivity contribution < 1.29 is 17.4 Å². The molecule has 112 valence electrons. The van der Waals surface area contributed by atoms with E-state index in [1.165, 1.54) is 19.1 Å². The fourth-order valence-electron chi connectivity index (χ4n) is 1.55. The molecule has 5 nitrogen and oxygen atoms in total. The first-order valence-electron chi connectivity index (χ1n) is 6.79. The van der Waals surface area contributed by atoms with Crippen LogP contribution in [0.3, 0.4) is 0 Å². The quantitative estimate of drug-likeness (QED) is 0.590. The third-order valence-corrected chi connectivity index (χ3v) is 3.91. The maximum Gasteiger partial charge on any atom is 0.308 e. The molecule has 0 aliphatic rings. The molecule has 0 saturated carbocycles. The Bertz CT molecular complexity index is 523. The summed E-state index contributed by atoms with van der Waals surface area (Å²) in [5, 5.41) is 2.81. The van der Waals surface area contributed by atoms with Gasteiger partial charge in [0.05, 0.1) is 5.75 Å². The van der Waals surface area contributed by atoms with Crippen LogP contribution < -0.4 is 9.50 Å². The summed E-state index contributed by atoms with van der Waals surface area (Å²) in [7, 11) is -3.53. The minimum atomic E-state index is -3.53. The van der Waals surface area contributed by atoms with E-state index in [4.69, 9.17) is 4.18 Å². The van der Waals surface area contributed by atoms with Crippen LogP contribution in [-0.4, -0.2) is 26.6 Å². The van der Waals surface area contributed by atoms with Crippen LogP contribution in [0, 0.1) is 0 Å². The summed E-state index contributed by atoms with van der Waals surface area (Å²) >= 11 is 0. The van der Waals surface area contributed by atoms with Crippen molar-refractivity contribution in [2.24, 2.45) is 0 Å². The topological polar surface area (TPSA) is 72.5 Å². The lowest BCUT2D eigenvalue weighted by Crippen LogP contribution is -2.24. The summed E-state index contributed by atoms with van der Waals surface area (Å²) in [6.07, 6.45) is 3.15. The van der Waals surface area contributed by atoms with Gasteiger partial charge < -0.3 is 9.50 Å². The number of nitrogens with one attached hydrogen (secondary N) is 1. The molecule has 0 saturated heterocycles. The number of benzene rings is 1. The molecule has 6 heteroatoms. The van der Waals surface area contributed by atoms with Gasteiger partial charge in [0.15, 0.2) is 0 Å². The minimum absolute atomic E-state index is 0.0906. The van der Waals surface area contributed by atoms with E-state index in [9.17, 15) is 13.2 Å². The average molecular weight is 299 g/mol. The Morgan fingerprint density at radius 2 is 1.80 bits per heavy atom. The zero-order valence-corrected chi connectivity index (χ0v) is 12.7. The Hall–Kier alpha value is -1.56. The summed E-state index contributed by atoms with van der Waals surface area (Å²) < 4.78 is 27.4. The van der Waals surface area contributed by atoms with E-state index in [-0.39, 0.29) is 17.4 Å². The van der Waals surface area contributed by atoms with Crippen LogP contribution in [-0.2, 0) is 10.1 Å². The molecule has 0 aliphatic carbocycles. The van der Waals surface area contributed by atoms with Crippen molar-refractivity contribution in [1.82, 2.24) is 5.32 Å². The number of carbonyl (C=O) groups excluding carboxylic acids is 1. The van der Waals surface area contributed by atoms with Crippen molar-refractivity contribution in [3.8, 4) is 5.75 Å². The Morgan fingerprint density at radius 1 is 1.15 bits per heavy atom. The molecular formula is C14H21NO4S. The van der Waals surface area contributed by atoms with Crippen LogP contribution in [0.1, 0.15) is 43.5 Å². The summed E-state index contributed by atoms with van der Waals surface area (Å²) in [4.78, 5) is 11.8. The van der Waals surface area contributed by atoms with Gasteiger partial charge in [0, 0.05) is 12.1 Å². The normalized spacial score (nSPS) is 11.1. The van der Waals surface area contributed by atoms with Gasteiger partial charge in [0.1, 0.15) is 5.75 Å². The molecule has 0 aromatic heterocycles. The van der Waals surface area contributed by atoms with Crippen molar-refractivity contribution in [3.05, 3.63) is 29.8 Å². The highest BCUT2D eigenvalue weighted by atomic mass is 32.2. The van der Waals surface area contributed by atoms with Crippen LogP contribution >= 0.6 is 0 Å². The minimum Gasteiger partial charge on any atom is -0.382 e. The lowest BCUT2D eigenvalue weighted by Gasteiger charge is -2.07. The molecule has 0 bridgehead atoms. The van der Waals surface area contributed by atoms with Gasteiger partial charge >= 0.3 is 10.1 Å². The second-order valence-corrected chi connectivity index (χ2v) is 6.28. The van der Waals surface area contributed by atoms with Crippen molar-refractivity contribution >= 4 is 16.0 Å². The molecule has 0 fully saturated rings. The van der Waals surface area contributed by atoms with Crippen molar-refractivity contribution in [2.45, 2.75) is 33.1 Å². The molecule has 0 unspecified atom stereocenters. The zero-order valence-electron chi connectivity index (χ0n) is 11.9. The first-order valence-corrected chi connectivity index (χ1v) is 8.36. The highest BCUT2D eigenvalue weighted by Crippen LogP contribution is 2.14. The molecule has 0 heterocycles. The predicted molar refractivity (Wildman–Crippen MR) is 78.4 cm³/mol. The van der Waals surface area contributed by atoms with E-state index >= 15 is 0 Å². The predicted octanol–water partition coefficient (Wildman–Crippen LogP) is 2.34. The second kappa shape index (κ2) is 7.89. The lowest BCUT2D eigenvalue weighted by molar-refractivity contribution is 0.0953. The summed E-state index contributed by atoms with van der Waals surface area (Å²) in [6, 6.07) is 6.06. The van der Waals surface area contributed by atoms with Gasteiger partial charge in [0.2, 0.25) is 0 Å². The van der Waals surface area contributed by atoms with Crippen LogP contribution in [0.5, 0.6) is 5.75 Å². The van der Waals surface area contributed by atoms with Gasteiger partial charge in [-0.05, 0) is 37.6 Å². The molecule has 1 aromatic carbocycles. The van der Waals surface area contributed by atoms with Gasteiger partial charge in [-0.1, -0.05) is 19.8 Å². The van der Waals surface area contributed by atoms with Crippen LogP contribution in [0.25, 0.3) is 0 Å². The smallest absolute Gasteiger partial charge is 0.308 e. The van der Waals surface area contributed by atoms with E-state index in [0.29, 0.717) is 12.1 Å². The molecule has 1 N–H and O–H groups in total. The van der Waals surface area contributed by atoms with Crippen LogP contribution in [0.4, 0.5) is 0 Å². The standard InChI is InChI=1S/C14H21NO4S/c1-3-5-6-11-15-14(16)12-7-9-13(10-8-12)19-20(17,18)4-2/h7-10H,3-6,11H2,1-2H3,(H,15,16). The monoisotopic (exact) mass is 299 g/mol. The Balaban J connectivity index is 2.55. The Morgan fingerprint density at radius 3 is 2.35 bits per heavy atom. The van der Waals surface area contributed by atoms with E-state index in [2.05, 4.69) is 12.2 Å². The van der Waals surface area contributed by atoms with E-state index < -0.39 is 10.1 Å². The van der Waals surface area contributed by atoms with E-state index in [0.717, 1.165) is 19.3 Å². The van der Waals surface area contributed by atoms with Gasteiger partial charge in [-0.15, -0.1) is 0 Å².